The van der Waals surface area contributed by atoms with Gasteiger partial charge in [0.1, 0.15) is 17.6 Å². The van der Waals surface area contributed by atoms with Crippen LogP contribution in [-0.4, -0.2) is 74.8 Å². The molecule has 2 aliphatic rings. The number of piperidine rings is 1. The van der Waals surface area contributed by atoms with Gasteiger partial charge in [0.2, 0.25) is 0 Å². The van der Waals surface area contributed by atoms with E-state index in [0.29, 0.717) is 6.54 Å². The van der Waals surface area contributed by atoms with E-state index in [-0.39, 0.29) is 6.10 Å². The van der Waals surface area contributed by atoms with E-state index in [1.54, 1.807) is 7.11 Å². The minimum atomic E-state index is 0.00233. The number of guanidine groups is 1. The van der Waals surface area contributed by atoms with Crippen LogP contribution in [0.3, 0.4) is 0 Å². The van der Waals surface area contributed by atoms with Crippen molar-refractivity contribution in [3.8, 4) is 11.5 Å². The van der Waals surface area contributed by atoms with Gasteiger partial charge in [0, 0.05) is 32.2 Å². The highest BCUT2D eigenvalue weighted by Crippen LogP contribution is 2.21. The van der Waals surface area contributed by atoms with E-state index in [1.807, 2.05) is 24.3 Å². The van der Waals surface area contributed by atoms with Crippen molar-refractivity contribution in [2.24, 2.45) is 10.9 Å². The van der Waals surface area contributed by atoms with Gasteiger partial charge >= 0.3 is 0 Å². The van der Waals surface area contributed by atoms with Crippen LogP contribution in [0.4, 0.5) is 0 Å². The predicted molar refractivity (Wildman–Crippen MR) is 119 cm³/mol. The molecule has 6 nitrogen and oxygen atoms in total. The van der Waals surface area contributed by atoms with Gasteiger partial charge in [-0.2, -0.15) is 0 Å². The Labute approximate surface area is 176 Å². The van der Waals surface area contributed by atoms with Gasteiger partial charge in [-0.1, -0.05) is 12.5 Å². The van der Waals surface area contributed by atoms with Gasteiger partial charge in [-0.05, 0) is 64.3 Å². The molecule has 0 bridgehead atoms. The quantitative estimate of drug-likeness (QED) is 0.534. The van der Waals surface area contributed by atoms with Crippen LogP contribution in [0.25, 0.3) is 0 Å². The second kappa shape index (κ2) is 11.3. The Hall–Kier alpha value is -1.95. The number of ether oxygens (including phenoxy) is 2. The van der Waals surface area contributed by atoms with Crippen molar-refractivity contribution in [1.29, 1.82) is 0 Å². The van der Waals surface area contributed by atoms with Gasteiger partial charge in [0.05, 0.1) is 13.7 Å². The summed E-state index contributed by atoms with van der Waals surface area (Å²) < 4.78 is 11.3. The number of likely N-dealkylation sites (tertiary alicyclic amines) is 2. The largest absolute Gasteiger partial charge is 0.497 e. The summed E-state index contributed by atoms with van der Waals surface area (Å²) in [4.78, 5) is 9.96. The van der Waals surface area contributed by atoms with E-state index < -0.39 is 0 Å². The van der Waals surface area contributed by atoms with Crippen LogP contribution in [-0.2, 0) is 0 Å². The number of rotatable bonds is 8. The van der Waals surface area contributed by atoms with Gasteiger partial charge in [-0.3, -0.25) is 0 Å². The smallest absolute Gasteiger partial charge is 0.194 e. The molecule has 1 aromatic rings. The van der Waals surface area contributed by atoms with Crippen molar-refractivity contribution in [1.82, 2.24) is 15.1 Å². The number of nitrogens with zero attached hydrogens (tertiary/aromatic N) is 3. The lowest BCUT2D eigenvalue weighted by Gasteiger charge is -2.29. The lowest BCUT2D eigenvalue weighted by atomic mass is 10.1. The number of methoxy groups -OCH3 is 1. The van der Waals surface area contributed by atoms with E-state index in [2.05, 4.69) is 29.0 Å². The lowest BCUT2D eigenvalue weighted by molar-refractivity contribution is 0.198. The zero-order chi connectivity index (χ0) is 20.5. The first kappa shape index (κ1) is 21.8. The summed E-state index contributed by atoms with van der Waals surface area (Å²) in [6.45, 7) is 11.7. The summed E-state index contributed by atoms with van der Waals surface area (Å²) in [7, 11) is 1.67. The van der Waals surface area contributed by atoms with Gasteiger partial charge in [-0.25, -0.2) is 4.99 Å². The van der Waals surface area contributed by atoms with E-state index in [9.17, 15) is 0 Å². The Morgan fingerprint density at radius 3 is 2.76 bits per heavy atom. The molecule has 0 radical (unpaired) electrons. The average molecular weight is 403 g/mol. The lowest BCUT2D eigenvalue weighted by Crippen LogP contribution is -2.41. The molecule has 2 fully saturated rings. The zero-order valence-corrected chi connectivity index (χ0v) is 18.4. The van der Waals surface area contributed by atoms with E-state index >= 15 is 0 Å². The molecule has 0 aliphatic carbocycles. The van der Waals surface area contributed by atoms with Crippen molar-refractivity contribution >= 4 is 5.96 Å². The Morgan fingerprint density at radius 2 is 2.00 bits per heavy atom. The fourth-order valence-electron chi connectivity index (χ4n) is 4.27. The van der Waals surface area contributed by atoms with Gasteiger partial charge in [-0.15, -0.1) is 0 Å². The monoisotopic (exact) mass is 402 g/mol. The summed E-state index contributed by atoms with van der Waals surface area (Å²) >= 11 is 0. The number of hydrogen-bond acceptors (Lipinski definition) is 4. The topological polar surface area (TPSA) is 49.3 Å². The van der Waals surface area contributed by atoms with Crippen LogP contribution in [0.1, 0.15) is 39.5 Å². The number of nitrogens with one attached hydrogen (secondary N) is 1. The minimum Gasteiger partial charge on any atom is -0.497 e. The molecule has 0 amide bonds. The third-order valence-electron chi connectivity index (χ3n) is 5.76. The second-order valence-corrected chi connectivity index (χ2v) is 8.26. The Bertz CT molecular complexity index is 646. The molecule has 0 spiro atoms. The Balaban J connectivity index is 1.50. The first-order chi connectivity index (χ1) is 14.2. The van der Waals surface area contributed by atoms with Crippen LogP contribution in [0.15, 0.2) is 29.3 Å². The summed E-state index contributed by atoms with van der Waals surface area (Å²) in [5.74, 6) is 3.40. The second-order valence-electron chi connectivity index (χ2n) is 8.26. The summed E-state index contributed by atoms with van der Waals surface area (Å²) in [6, 6.07) is 7.74. The van der Waals surface area contributed by atoms with Gasteiger partial charge in [0.25, 0.3) is 0 Å². The van der Waals surface area contributed by atoms with Crippen molar-refractivity contribution in [3.63, 3.8) is 0 Å². The Morgan fingerprint density at radius 1 is 1.21 bits per heavy atom. The maximum absolute atomic E-state index is 6.03. The van der Waals surface area contributed by atoms with Crippen LogP contribution in [0.5, 0.6) is 11.5 Å². The molecule has 1 aromatic carbocycles. The molecule has 29 heavy (non-hydrogen) atoms. The molecule has 0 aromatic heterocycles. The summed E-state index contributed by atoms with van der Waals surface area (Å²) in [6.07, 6.45) is 5.40. The normalized spacial score (nSPS) is 21.8. The molecular weight excluding hydrogens is 364 g/mol. The SMILES string of the molecule is CCNC(=NCC(C)Oc1cccc(OC)c1)N1CCC(CN2CCCCC2)C1. The predicted octanol–water partition coefficient (Wildman–Crippen LogP) is 3.24. The number of benzene rings is 1. The fourth-order valence-corrected chi connectivity index (χ4v) is 4.27. The summed E-state index contributed by atoms with van der Waals surface area (Å²) in [5, 5.41) is 3.47. The van der Waals surface area contributed by atoms with Crippen molar-refractivity contribution < 1.29 is 9.47 Å². The number of aliphatic imine (C=N–C) groups is 1. The first-order valence-corrected chi connectivity index (χ1v) is 11.2. The third-order valence-corrected chi connectivity index (χ3v) is 5.76. The van der Waals surface area contributed by atoms with Crippen LogP contribution in [0, 0.1) is 5.92 Å². The highest BCUT2D eigenvalue weighted by molar-refractivity contribution is 5.80. The molecular formula is C23H38N4O2. The fraction of sp³-hybridized carbons (Fsp3) is 0.696. The van der Waals surface area contributed by atoms with Crippen molar-refractivity contribution in [3.05, 3.63) is 24.3 Å². The van der Waals surface area contributed by atoms with Gasteiger partial charge < -0.3 is 24.6 Å². The van der Waals surface area contributed by atoms with E-state index in [4.69, 9.17) is 14.5 Å². The molecule has 162 valence electrons. The molecule has 6 heteroatoms. The molecule has 2 heterocycles. The minimum absolute atomic E-state index is 0.00233. The van der Waals surface area contributed by atoms with Crippen molar-refractivity contribution in [2.45, 2.75) is 45.6 Å². The molecule has 1 N–H and O–H groups in total. The van der Waals surface area contributed by atoms with Crippen LogP contribution >= 0.6 is 0 Å². The standard InChI is InChI=1S/C23H38N4O2/c1-4-24-23(25-16-19(2)29-22-10-8-9-21(15-22)28-3)27-14-11-20(18-27)17-26-12-6-5-7-13-26/h8-10,15,19-20H,4-7,11-14,16-18H2,1-3H3,(H,24,25). The zero-order valence-electron chi connectivity index (χ0n) is 18.4. The van der Waals surface area contributed by atoms with Crippen LogP contribution < -0.4 is 14.8 Å². The molecule has 2 unspecified atom stereocenters. The van der Waals surface area contributed by atoms with Gasteiger partial charge in [0.15, 0.2) is 5.96 Å². The van der Waals surface area contributed by atoms with Crippen molar-refractivity contribution in [2.75, 3.05) is 52.9 Å². The highest BCUT2D eigenvalue weighted by atomic mass is 16.5. The third kappa shape index (κ3) is 6.81. The molecule has 0 saturated carbocycles. The maximum atomic E-state index is 6.03. The first-order valence-electron chi connectivity index (χ1n) is 11.2. The van der Waals surface area contributed by atoms with E-state index in [0.717, 1.165) is 43.0 Å². The molecule has 2 aliphatic heterocycles. The maximum Gasteiger partial charge on any atom is 0.194 e. The molecule has 2 saturated heterocycles. The average Bonchev–Trinajstić information content (AvgIpc) is 3.20. The number of hydrogen-bond donors (Lipinski definition) is 1. The Kier molecular flexibility index (Phi) is 8.47. The van der Waals surface area contributed by atoms with Crippen LogP contribution in [0.2, 0.25) is 0 Å². The molecule has 3 rings (SSSR count). The molecule has 2 atom stereocenters. The highest BCUT2D eigenvalue weighted by Gasteiger charge is 2.27. The summed E-state index contributed by atoms with van der Waals surface area (Å²) in [5.41, 5.74) is 0. The van der Waals surface area contributed by atoms with E-state index in [1.165, 1.54) is 45.3 Å².